The summed E-state index contributed by atoms with van der Waals surface area (Å²) >= 11 is 0. The molecule has 4 heteroatoms. The lowest BCUT2D eigenvalue weighted by Crippen LogP contribution is -2.38. The first-order valence-corrected chi connectivity index (χ1v) is 7.34. The third-order valence-electron chi connectivity index (χ3n) is 4.16. The Bertz CT molecular complexity index is 412. The van der Waals surface area contributed by atoms with E-state index in [0.717, 1.165) is 36.6 Å². The quantitative estimate of drug-likeness (QED) is 0.880. The maximum Gasteiger partial charge on any atom is 0.171 e. The van der Waals surface area contributed by atoms with Gasteiger partial charge < -0.3 is 15.0 Å². The van der Waals surface area contributed by atoms with Crippen LogP contribution in [0.15, 0.2) is 18.3 Å². The molecule has 2 fully saturated rings. The SMILES string of the molecule is COc1cccnc1N1CCC(CNC2CC2)CC1. The summed E-state index contributed by atoms with van der Waals surface area (Å²) in [5.41, 5.74) is 0. The van der Waals surface area contributed by atoms with Crippen molar-refractivity contribution in [2.24, 2.45) is 5.92 Å². The number of hydrogen-bond donors (Lipinski definition) is 1. The third-order valence-corrected chi connectivity index (χ3v) is 4.16. The molecule has 0 unspecified atom stereocenters. The molecule has 1 N–H and O–H groups in total. The van der Waals surface area contributed by atoms with Gasteiger partial charge in [0.2, 0.25) is 0 Å². The molecule has 2 aliphatic rings. The minimum absolute atomic E-state index is 0.826. The fraction of sp³-hybridized carbons (Fsp3) is 0.667. The summed E-state index contributed by atoms with van der Waals surface area (Å²) in [7, 11) is 1.72. The second-order valence-electron chi connectivity index (χ2n) is 5.64. The van der Waals surface area contributed by atoms with Crippen LogP contribution in [-0.4, -0.2) is 37.8 Å². The maximum atomic E-state index is 5.40. The second kappa shape index (κ2) is 5.78. The van der Waals surface area contributed by atoms with Crippen molar-refractivity contribution in [1.82, 2.24) is 10.3 Å². The van der Waals surface area contributed by atoms with Crippen molar-refractivity contribution in [1.29, 1.82) is 0 Å². The highest BCUT2D eigenvalue weighted by Crippen LogP contribution is 2.29. The van der Waals surface area contributed by atoms with Gasteiger partial charge in [-0.15, -0.1) is 0 Å². The Hall–Kier alpha value is -1.29. The van der Waals surface area contributed by atoms with Crippen molar-refractivity contribution in [2.45, 2.75) is 31.7 Å². The van der Waals surface area contributed by atoms with Gasteiger partial charge in [-0.05, 0) is 50.3 Å². The van der Waals surface area contributed by atoms with Crippen molar-refractivity contribution >= 4 is 5.82 Å². The van der Waals surface area contributed by atoms with E-state index in [1.165, 1.54) is 32.2 Å². The lowest BCUT2D eigenvalue weighted by Gasteiger charge is -2.33. The molecule has 1 aliphatic carbocycles. The monoisotopic (exact) mass is 261 g/mol. The van der Waals surface area contributed by atoms with Crippen LogP contribution in [0.2, 0.25) is 0 Å². The van der Waals surface area contributed by atoms with Crippen LogP contribution in [0.1, 0.15) is 25.7 Å². The zero-order valence-corrected chi connectivity index (χ0v) is 11.6. The smallest absolute Gasteiger partial charge is 0.171 e. The second-order valence-corrected chi connectivity index (χ2v) is 5.64. The molecule has 1 aromatic rings. The fourth-order valence-corrected chi connectivity index (χ4v) is 2.75. The Morgan fingerprint density at radius 1 is 1.32 bits per heavy atom. The molecule has 0 aromatic carbocycles. The number of pyridine rings is 1. The highest BCUT2D eigenvalue weighted by atomic mass is 16.5. The number of hydrogen-bond acceptors (Lipinski definition) is 4. The number of nitrogens with zero attached hydrogens (tertiary/aromatic N) is 2. The van der Waals surface area contributed by atoms with E-state index in [1.54, 1.807) is 7.11 Å². The molecule has 104 valence electrons. The van der Waals surface area contributed by atoms with Crippen LogP contribution in [0.5, 0.6) is 5.75 Å². The molecule has 0 atom stereocenters. The predicted octanol–water partition coefficient (Wildman–Crippen LogP) is 2.06. The van der Waals surface area contributed by atoms with Gasteiger partial charge in [0, 0.05) is 25.3 Å². The average molecular weight is 261 g/mol. The normalized spacial score (nSPS) is 20.6. The highest BCUT2D eigenvalue weighted by Gasteiger charge is 2.25. The van der Waals surface area contributed by atoms with E-state index in [4.69, 9.17) is 4.74 Å². The van der Waals surface area contributed by atoms with Crippen molar-refractivity contribution < 1.29 is 4.74 Å². The molecule has 1 saturated carbocycles. The minimum atomic E-state index is 0.826. The summed E-state index contributed by atoms with van der Waals surface area (Å²) in [6.07, 6.45) is 7.10. The Morgan fingerprint density at radius 2 is 2.11 bits per heavy atom. The molecule has 3 rings (SSSR count). The van der Waals surface area contributed by atoms with Crippen molar-refractivity contribution in [3.8, 4) is 5.75 Å². The predicted molar refractivity (Wildman–Crippen MR) is 76.8 cm³/mol. The number of piperidine rings is 1. The lowest BCUT2D eigenvalue weighted by molar-refractivity contribution is 0.373. The Labute approximate surface area is 115 Å². The first kappa shape index (κ1) is 12.7. The summed E-state index contributed by atoms with van der Waals surface area (Å²) in [5, 5.41) is 3.64. The van der Waals surface area contributed by atoms with Crippen LogP contribution in [0.3, 0.4) is 0 Å². The molecule has 0 bridgehead atoms. The van der Waals surface area contributed by atoms with Crippen LogP contribution in [-0.2, 0) is 0 Å². The van der Waals surface area contributed by atoms with Gasteiger partial charge in [0.05, 0.1) is 7.11 Å². The van der Waals surface area contributed by atoms with Crippen LogP contribution in [0, 0.1) is 5.92 Å². The zero-order valence-electron chi connectivity index (χ0n) is 11.6. The average Bonchev–Trinajstić information content (AvgIpc) is 3.30. The summed E-state index contributed by atoms with van der Waals surface area (Å²) in [6.45, 7) is 3.37. The van der Waals surface area contributed by atoms with Crippen LogP contribution < -0.4 is 15.0 Å². The summed E-state index contributed by atoms with van der Waals surface area (Å²) in [5.74, 6) is 2.71. The molecule has 1 aromatic heterocycles. The number of nitrogens with one attached hydrogen (secondary N) is 1. The minimum Gasteiger partial charge on any atom is -0.493 e. The highest BCUT2D eigenvalue weighted by molar-refractivity contribution is 5.52. The van der Waals surface area contributed by atoms with Gasteiger partial charge >= 0.3 is 0 Å². The van der Waals surface area contributed by atoms with E-state index < -0.39 is 0 Å². The van der Waals surface area contributed by atoms with E-state index >= 15 is 0 Å². The molecule has 0 radical (unpaired) electrons. The number of aromatic nitrogens is 1. The van der Waals surface area contributed by atoms with E-state index in [1.807, 2.05) is 18.3 Å². The molecule has 0 amide bonds. The Morgan fingerprint density at radius 3 is 2.79 bits per heavy atom. The maximum absolute atomic E-state index is 5.40. The topological polar surface area (TPSA) is 37.4 Å². The molecule has 4 nitrogen and oxygen atoms in total. The summed E-state index contributed by atoms with van der Waals surface area (Å²) in [6, 6.07) is 4.74. The number of rotatable bonds is 5. The molecule has 0 spiro atoms. The Kier molecular flexibility index (Phi) is 3.87. The van der Waals surface area contributed by atoms with Crippen LogP contribution in [0.4, 0.5) is 5.82 Å². The van der Waals surface area contributed by atoms with E-state index in [0.29, 0.717) is 0 Å². The molecule has 19 heavy (non-hydrogen) atoms. The van der Waals surface area contributed by atoms with Gasteiger partial charge in [-0.1, -0.05) is 0 Å². The van der Waals surface area contributed by atoms with E-state index in [9.17, 15) is 0 Å². The zero-order chi connectivity index (χ0) is 13.1. The van der Waals surface area contributed by atoms with Gasteiger partial charge in [0.15, 0.2) is 11.6 Å². The third kappa shape index (κ3) is 3.18. The first-order chi connectivity index (χ1) is 9.36. The van der Waals surface area contributed by atoms with Gasteiger partial charge in [-0.3, -0.25) is 0 Å². The van der Waals surface area contributed by atoms with Gasteiger partial charge in [0.1, 0.15) is 0 Å². The first-order valence-electron chi connectivity index (χ1n) is 7.34. The summed E-state index contributed by atoms with van der Waals surface area (Å²) in [4.78, 5) is 6.82. The molecule has 1 aliphatic heterocycles. The molecular formula is C15H23N3O. The van der Waals surface area contributed by atoms with Gasteiger partial charge in [-0.25, -0.2) is 4.98 Å². The van der Waals surface area contributed by atoms with Crippen LogP contribution in [0.25, 0.3) is 0 Å². The van der Waals surface area contributed by atoms with E-state index in [2.05, 4.69) is 15.2 Å². The van der Waals surface area contributed by atoms with Gasteiger partial charge in [0.25, 0.3) is 0 Å². The van der Waals surface area contributed by atoms with E-state index in [-0.39, 0.29) is 0 Å². The number of ether oxygens (including phenoxy) is 1. The Balaban J connectivity index is 1.53. The summed E-state index contributed by atoms with van der Waals surface area (Å²) < 4.78 is 5.40. The van der Waals surface area contributed by atoms with Crippen molar-refractivity contribution in [2.75, 3.05) is 31.6 Å². The fourth-order valence-electron chi connectivity index (χ4n) is 2.75. The molecular weight excluding hydrogens is 238 g/mol. The standard InChI is InChI=1S/C15H23N3O/c1-19-14-3-2-8-16-15(14)18-9-6-12(7-10-18)11-17-13-4-5-13/h2-3,8,12-13,17H,4-7,9-11H2,1H3. The number of methoxy groups -OCH3 is 1. The van der Waals surface area contributed by atoms with Crippen molar-refractivity contribution in [3.05, 3.63) is 18.3 Å². The van der Waals surface area contributed by atoms with Crippen LogP contribution >= 0.6 is 0 Å². The largest absolute Gasteiger partial charge is 0.493 e. The molecule has 2 heterocycles. The van der Waals surface area contributed by atoms with Gasteiger partial charge in [-0.2, -0.15) is 0 Å². The lowest BCUT2D eigenvalue weighted by atomic mass is 9.96. The van der Waals surface area contributed by atoms with Crippen molar-refractivity contribution in [3.63, 3.8) is 0 Å². The molecule has 1 saturated heterocycles. The number of anilines is 1.